The van der Waals surface area contributed by atoms with Crippen molar-refractivity contribution in [3.8, 4) is 0 Å². The minimum absolute atomic E-state index is 0.0588. The van der Waals surface area contributed by atoms with E-state index in [2.05, 4.69) is 20.6 Å². The van der Waals surface area contributed by atoms with E-state index < -0.39 is 47.0 Å². The van der Waals surface area contributed by atoms with Crippen molar-refractivity contribution in [2.75, 3.05) is 13.1 Å². The molecule has 2 heterocycles. The minimum Gasteiger partial charge on any atom is -0.454 e. The molecule has 0 fully saturated rings. The molecule has 2 aliphatic carbocycles. The maximum absolute atomic E-state index is 13.3. The fraction of sp³-hybridized carbons (Fsp3) is 0.370. The first-order chi connectivity index (χ1) is 32.2. The Kier molecular flexibility index (Phi) is 19.7. The summed E-state index contributed by atoms with van der Waals surface area (Å²) < 4.78 is 13.7. The van der Waals surface area contributed by atoms with Crippen LogP contribution < -0.4 is 10.6 Å². The summed E-state index contributed by atoms with van der Waals surface area (Å²) in [5, 5.41) is 5.25. The van der Waals surface area contributed by atoms with Gasteiger partial charge in [-0.15, -0.1) is 0 Å². The van der Waals surface area contributed by atoms with E-state index >= 15 is 0 Å². The Labute approximate surface area is 400 Å². The van der Waals surface area contributed by atoms with Crippen molar-refractivity contribution in [3.63, 3.8) is 0 Å². The molecule has 2 N–H and O–H groups in total. The number of ether oxygens (including phenoxy) is 2. The van der Waals surface area contributed by atoms with Crippen LogP contribution in [-0.2, 0) is 28.7 Å². The first kappa shape index (κ1) is 53.4. The number of Topliss-reactive ketones (excluding diaryl/α,β-unsaturated/α-hetero) is 2. The Bertz CT molecular complexity index is 2360. The minimum atomic E-state index is -0.882. The van der Waals surface area contributed by atoms with Crippen LogP contribution in [0.1, 0.15) is 94.9 Å². The lowest BCUT2D eigenvalue weighted by Gasteiger charge is -2.36. The predicted molar refractivity (Wildman–Crippen MR) is 264 cm³/mol. The lowest BCUT2D eigenvalue weighted by Crippen LogP contribution is -2.39. The van der Waals surface area contributed by atoms with Gasteiger partial charge in [0.2, 0.25) is 0 Å². The van der Waals surface area contributed by atoms with E-state index in [4.69, 9.17) is 9.47 Å². The number of nitrogens with zero attached hydrogens (tertiary/aromatic N) is 4. The average molecular weight is 927 g/mol. The summed E-state index contributed by atoms with van der Waals surface area (Å²) in [5.74, 6) is -1.53. The van der Waals surface area contributed by atoms with Crippen LogP contribution in [0.15, 0.2) is 167 Å². The molecular weight excluding hydrogens is 861 g/mol. The summed E-state index contributed by atoms with van der Waals surface area (Å²) in [5.41, 5.74) is 6.23. The van der Waals surface area contributed by atoms with Crippen molar-refractivity contribution in [1.29, 1.82) is 0 Å². The number of amides is 2. The van der Waals surface area contributed by atoms with E-state index in [1.54, 1.807) is 13.8 Å². The highest BCUT2D eigenvalue weighted by Crippen LogP contribution is 2.42. The predicted octanol–water partition coefficient (Wildman–Crippen LogP) is 9.70. The quantitative estimate of drug-likeness (QED) is 0.108. The molecule has 14 nitrogen and oxygen atoms in total. The third-order valence-corrected chi connectivity index (χ3v) is 11.5. The van der Waals surface area contributed by atoms with Crippen LogP contribution in [0.4, 0.5) is 9.59 Å². The fourth-order valence-corrected chi connectivity index (χ4v) is 7.68. The monoisotopic (exact) mass is 926 g/mol. The van der Waals surface area contributed by atoms with Gasteiger partial charge in [-0.1, -0.05) is 135 Å². The molecule has 2 aromatic heterocycles. The summed E-state index contributed by atoms with van der Waals surface area (Å²) in [6, 6.07) is -0.809. The SMILES string of the molecule is CC1=C(/C=C/C(C)=C/C=C/C(C)=C/C=C/C=C(C)/C=C/C=C(C)/C=C/C2=C(C)C(=O)C(OC(=O)CCNC(=O)n3ccnc3)CC2(C)C)C(C)(C)CC(OC(=O)CCNC(=O)n2ccnc2)C1=O. The van der Waals surface area contributed by atoms with Crippen LogP contribution in [0, 0.1) is 10.8 Å². The summed E-state index contributed by atoms with van der Waals surface area (Å²) in [6.07, 6.45) is 35.4. The second-order valence-electron chi connectivity index (χ2n) is 18.3. The zero-order chi connectivity index (χ0) is 50.0. The van der Waals surface area contributed by atoms with E-state index in [-0.39, 0.29) is 37.5 Å². The number of imidazole rings is 2. The third-order valence-electron chi connectivity index (χ3n) is 11.5. The Morgan fingerprint density at radius 2 is 0.956 bits per heavy atom. The van der Waals surface area contributed by atoms with Gasteiger partial charge in [0.1, 0.15) is 12.7 Å². The van der Waals surface area contributed by atoms with Crippen molar-refractivity contribution in [2.45, 2.75) is 107 Å². The van der Waals surface area contributed by atoms with Crippen molar-refractivity contribution >= 4 is 35.6 Å². The van der Waals surface area contributed by atoms with E-state index in [1.165, 1.54) is 46.6 Å². The highest BCUT2D eigenvalue weighted by molar-refractivity contribution is 6.02. The van der Waals surface area contributed by atoms with Crippen LogP contribution in [-0.4, -0.2) is 80.0 Å². The highest BCUT2D eigenvalue weighted by atomic mass is 16.6. The van der Waals surface area contributed by atoms with Crippen molar-refractivity contribution < 1.29 is 38.2 Å². The molecule has 0 aliphatic heterocycles. The number of rotatable bonds is 18. The van der Waals surface area contributed by atoms with Crippen LogP contribution >= 0.6 is 0 Å². The number of hydrogen-bond donors (Lipinski definition) is 2. The molecule has 0 saturated heterocycles. The lowest BCUT2D eigenvalue weighted by molar-refractivity contribution is -0.156. The Balaban J connectivity index is 1.23. The standard InChI is InChI=1S/C54H66N6O8/c1-37(17-13-19-39(3)21-23-43-41(5)49(63)45(33-53(43,7)8)67-47(61)25-27-57-51(65)59-31-29-55-35-59)15-11-12-16-38(2)18-14-20-40(4)22-24-44-42(6)50(64)46(34-54(44,9)10)68-48(62)26-28-58-52(66)60-32-30-56-36-60/h11-24,29-32,35-36,45-46H,25-28,33-34H2,1-10H3,(H,57,65)(H,58,66)/b12-11+,17-13+,18-14+,23-21+,24-22+,37-15+,38-16+,39-19+,40-20+. The van der Waals surface area contributed by atoms with Gasteiger partial charge in [-0.2, -0.15) is 0 Å². The molecule has 2 amide bonds. The van der Waals surface area contributed by atoms with Crippen LogP contribution in [0.2, 0.25) is 0 Å². The number of aromatic nitrogens is 4. The van der Waals surface area contributed by atoms with E-state index in [9.17, 15) is 28.8 Å². The van der Waals surface area contributed by atoms with Crippen molar-refractivity contribution in [3.05, 3.63) is 167 Å². The molecule has 360 valence electrons. The zero-order valence-electron chi connectivity index (χ0n) is 41.0. The Morgan fingerprint density at radius 3 is 1.31 bits per heavy atom. The van der Waals surface area contributed by atoms with E-state index in [1.807, 2.05) is 140 Å². The summed E-state index contributed by atoms with van der Waals surface area (Å²) in [4.78, 5) is 83.4. The normalized spacial score (nSPS) is 19.6. The Hall–Kier alpha value is -7.22. The number of carbonyl (C=O) groups is 6. The molecule has 0 radical (unpaired) electrons. The molecule has 0 bridgehead atoms. The molecule has 14 heteroatoms. The third kappa shape index (κ3) is 16.3. The first-order valence-electron chi connectivity index (χ1n) is 22.7. The molecule has 4 rings (SSSR count). The van der Waals surface area contributed by atoms with Gasteiger partial charge >= 0.3 is 24.0 Å². The van der Waals surface area contributed by atoms with Crippen molar-refractivity contribution in [2.24, 2.45) is 10.8 Å². The number of esters is 2. The molecule has 68 heavy (non-hydrogen) atoms. The second-order valence-corrected chi connectivity index (χ2v) is 18.3. The van der Waals surface area contributed by atoms with Gasteiger partial charge in [0.25, 0.3) is 0 Å². The van der Waals surface area contributed by atoms with Gasteiger partial charge in [-0.3, -0.25) is 28.3 Å². The molecule has 0 saturated carbocycles. The second kappa shape index (κ2) is 25.1. The molecule has 2 aromatic rings. The number of allylic oxidation sites excluding steroid dienone is 20. The van der Waals surface area contributed by atoms with E-state index in [0.29, 0.717) is 24.0 Å². The number of carbonyl (C=O) groups excluding carboxylic acids is 6. The highest BCUT2D eigenvalue weighted by Gasteiger charge is 2.41. The number of ketones is 2. The molecule has 2 unspecified atom stereocenters. The maximum atomic E-state index is 13.3. The van der Waals surface area contributed by atoms with Crippen molar-refractivity contribution in [1.82, 2.24) is 29.7 Å². The summed E-state index contributed by atoms with van der Waals surface area (Å²) in [7, 11) is 0. The Morgan fingerprint density at radius 1 is 0.603 bits per heavy atom. The summed E-state index contributed by atoms with van der Waals surface area (Å²) >= 11 is 0. The van der Waals surface area contributed by atoms with Gasteiger partial charge in [0.05, 0.1) is 12.8 Å². The molecule has 2 aliphatic rings. The maximum Gasteiger partial charge on any atom is 0.326 e. The van der Waals surface area contributed by atoms with Gasteiger partial charge in [0.15, 0.2) is 23.8 Å². The van der Waals surface area contributed by atoms with Gasteiger partial charge in [0, 0.05) is 50.7 Å². The van der Waals surface area contributed by atoms with Crippen LogP contribution in [0.3, 0.4) is 0 Å². The van der Waals surface area contributed by atoms with Crippen LogP contribution in [0.5, 0.6) is 0 Å². The summed E-state index contributed by atoms with van der Waals surface area (Å²) in [6.45, 7) is 19.8. The number of nitrogens with one attached hydrogen (secondary N) is 2. The van der Waals surface area contributed by atoms with Crippen LogP contribution in [0.25, 0.3) is 0 Å². The largest absolute Gasteiger partial charge is 0.454 e. The lowest BCUT2D eigenvalue weighted by atomic mass is 9.71. The molecule has 2 atom stereocenters. The average Bonchev–Trinajstić information content (AvgIpc) is 4.02. The smallest absolute Gasteiger partial charge is 0.326 e. The van der Waals surface area contributed by atoms with Gasteiger partial charge in [-0.05, 0) is 74.7 Å². The fourth-order valence-electron chi connectivity index (χ4n) is 7.68. The molecular formula is C54H66N6O8. The first-order valence-corrected chi connectivity index (χ1v) is 22.7. The van der Waals surface area contributed by atoms with E-state index in [0.717, 1.165) is 33.4 Å². The zero-order valence-corrected chi connectivity index (χ0v) is 41.0. The van der Waals surface area contributed by atoms with Gasteiger partial charge < -0.3 is 20.1 Å². The van der Waals surface area contributed by atoms with Gasteiger partial charge in [-0.25, -0.2) is 19.6 Å². The number of hydrogen-bond acceptors (Lipinski definition) is 10. The molecule has 0 aromatic carbocycles. The topological polar surface area (TPSA) is 181 Å². The molecule has 0 spiro atoms.